The molecule has 0 bridgehead atoms. The van der Waals surface area contributed by atoms with E-state index in [0.717, 1.165) is 0 Å². The first-order valence-electron chi connectivity index (χ1n) is 5.71. The molecule has 6 heteroatoms. The number of nitrogen functional groups attached to an aromatic ring is 1. The van der Waals surface area contributed by atoms with Crippen LogP contribution < -0.4 is 16.8 Å². The van der Waals surface area contributed by atoms with Crippen LogP contribution in [0.1, 0.15) is 24.3 Å². The van der Waals surface area contributed by atoms with E-state index in [1.807, 2.05) is 14.1 Å². The predicted molar refractivity (Wildman–Crippen MR) is 73.4 cm³/mol. The largest absolute Gasteiger partial charge is 0.396 e. The van der Waals surface area contributed by atoms with Crippen LogP contribution in [0.3, 0.4) is 0 Å². The first-order chi connectivity index (χ1) is 8.24. The molecule has 0 aliphatic heterocycles. The van der Waals surface area contributed by atoms with E-state index in [1.54, 1.807) is 6.07 Å². The van der Waals surface area contributed by atoms with Crippen molar-refractivity contribution in [1.82, 2.24) is 9.88 Å². The van der Waals surface area contributed by atoms with E-state index >= 15 is 0 Å². The summed E-state index contributed by atoms with van der Waals surface area (Å²) in [5.74, 6) is -0.0776. The first-order valence-corrected chi connectivity index (χ1v) is 5.71. The number of likely N-dealkylation sites (N-methyl/N-ethyl adjacent to an activating group) is 1. The van der Waals surface area contributed by atoms with E-state index < -0.39 is 5.91 Å². The summed E-state index contributed by atoms with van der Waals surface area (Å²) in [6, 6.07) is 3.14. The maximum absolute atomic E-state index is 11.1. The van der Waals surface area contributed by atoms with Crippen molar-refractivity contribution in [3.8, 4) is 0 Å². The standard InChI is InChI=1S/C12H21N5O/c1-12(2,17(3)4)7-15-11-8(13)5-6-9(16-11)10(14)18/h5-6H,7,13H2,1-4H3,(H2,14,18)(H,15,16). The highest BCUT2D eigenvalue weighted by molar-refractivity contribution is 5.91. The molecule has 5 N–H and O–H groups in total. The van der Waals surface area contributed by atoms with Gasteiger partial charge in [-0.3, -0.25) is 4.79 Å². The summed E-state index contributed by atoms with van der Waals surface area (Å²) >= 11 is 0. The average Bonchev–Trinajstić information content (AvgIpc) is 2.27. The third-order valence-electron chi connectivity index (χ3n) is 3.08. The highest BCUT2D eigenvalue weighted by Crippen LogP contribution is 2.18. The fourth-order valence-corrected chi connectivity index (χ4v) is 1.21. The molecule has 0 fully saturated rings. The first kappa shape index (κ1) is 14.2. The Hall–Kier alpha value is -1.82. The minimum absolute atomic E-state index is 0.0587. The van der Waals surface area contributed by atoms with E-state index in [0.29, 0.717) is 18.1 Å². The van der Waals surface area contributed by atoms with E-state index in [-0.39, 0.29) is 11.2 Å². The Morgan fingerprint density at radius 3 is 2.56 bits per heavy atom. The van der Waals surface area contributed by atoms with Crippen LogP contribution in [0.15, 0.2) is 12.1 Å². The van der Waals surface area contributed by atoms with Gasteiger partial charge in [0.15, 0.2) is 0 Å². The normalized spacial score (nSPS) is 11.6. The number of nitrogens with zero attached hydrogens (tertiary/aromatic N) is 2. The number of carbonyl (C=O) groups excluding carboxylic acids is 1. The Labute approximate surface area is 107 Å². The van der Waals surface area contributed by atoms with Crippen molar-refractivity contribution in [2.24, 2.45) is 5.73 Å². The van der Waals surface area contributed by atoms with Crippen LogP contribution in [-0.2, 0) is 0 Å². The number of primary amides is 1. The van der Waals surface area contributed by atoms with Crippen molar-refractivity contribution in [3.63, 3.8) is 0 Å². The van der Waals surface area contributed by atoms with Gasteiger partial charge in [-0.15, -0.1) is 0 Å². The molecule has 0 radical (unpaired) electrons. The lowest BCUT2D eigenvalue weighted by Crippen LogP contribution is -2.44. The van der Waals surface area contributed by atoms with E-state index in [1.165, 1.54) is 6.07 Å². The number of hydrogen-bond acceptors (Lipinski definition) is 5. The Balaban J connectivity index is 2.85. The van der Waals surface area contributed by atoms with Gasteiger partial charge in [-0.05, 0) is 40.1 Å². The third kappa shape index (κ3) is 3.33. The Bertz CT molecular complexity index is 442. The van der Waals surface area contributed by atoms with Crippen LogP contribution in [0.25, 0.3) is 0 Å². The maximum atomic E-state index is 11.1. The number of nitrogens with two attached hydrogens (primary N) is 2. The van der Waals surface area contributed by atoms with Crippen LogP contribution in [0.4, 0.5) is 11.5 Å². The van der Waals surface area contributed by atoms with Crippen molar-refractivity contribution in [3.05, 3.63) is 17.8 Å². The topological polar surface area (TPSA) is 97.3 Å². The van der Waals surface area contributed by atoms with Gasteiger partial charge in [-0.1, -0.05) is 0 Å². The van der Waals surface area contributed by atoms with Crippen molar-refractivity contribution in [2.45, 2.75) is 19.4 Å². The van der Waals surface area contributed by atoms with Gasteiger partial charge in [0.1, 0.15) is 11.5 Å². The summed E-state index contributed by atoms with van der Waals surface area (Å²) in [4.78, 5) is 17.3. The molecule has 0 saturated carbocycles. The molecule has 1 aromatic rings. The quantitative estimate of drug-likeness (QED) is 0.708. The second-order valence-electron chi connectivity index (χ2n) is 5.06. The molecule has 6 nitrogen and oxygen atoms in total. The second kappa shape index (κ2) is 5.22. The zero-order chi connectivity index (χ0) is 13.9. The molecular formula is C12H21N5O. The maximum Gasteiger partial charge on any atom is 0.267 e. The number of nitrogens with one attached hydrogen (secondary N) is 1. The number of carbonyl (C=O) groups is 1. The molecule has 100 valence electrons. The number of aromatic nitrogens is 1. The Morgan fingerprint density at radius 2 is 2.06 bits per heavy atom. The molecule has 18 heavy (non-hydrogen) atoms. The molecule has 1 rings (SSSR count). The van der Waals surface area contributed by atoms with Crippen molar-refractivity contribution in [1.29, 1.82) is 0 Å². The lowest BCUT2D eigenvalue weighted by atomic mass is 10.0. The van der Waals surface area contributed by atoms with Crippen molar-refractivity contribution in [2.75, 3.05) is 31.7 Å². The summed E-state index contributed by atoms with van der Waals surface area (Å²) in [6.45, 7) is 4.83. The van der Waals surface area contributed by atoms with Gasteiger partial charge >= 0.3 is 0 Å². The van der Waals surface area contributed by atoms with Crippen LogP contribution in [0.2, 0.25) is 0 Å². The highest BCUT2D eigenvalue weighted by atomic mass is 16.1. The molecule has 0 aromatic carbocycles. The lowest BCUT2D eigenvalue weighted by Gasteiger charge is -2.33. The van der Waals surface area contributed by atoms with E-state index in [9.17, 15) is 4.79 Å². The van der Waals surface area contributed by atoms with Crippen LogP contribution in [-0.4, -0.2) is 42.0 Å². The zero-order valence-electron chi connectivity index (χ0n) is 11.3. The van der Waals surface area contributed by atoms with Gasteiger partial charge in [-0.2, -0.15) is 0 Å². The summed E-state index contributed by atoms with van der Waals surface area (Å²) in [6.07, 6.45) is 0. The second-order valence-corrected chi connectivity index (χ2v) is 5.06. The number of amides is 1. The monoisotopic (exact) mass is 251 g/mol. The molecule has 1 amide bonds. The Kier molecular flexibility index (Phi) is 4.13. The molecule has 0 unspecified atom stereocenters. The number of anilines is 2. The van der Waals surface area contributed by atoms with Crippen LogP contribution in [0, 0.1) is 0 Å². The minimum atomic E-state index is -0.565. The van der Waals surface area contributed by atoms with Gasteiger partial charge in [0, 0.05) is 12.1 Å². The van der Waals surface area contributed by atoms with Gasteiger partial charge in [0.25, 0.3) is 5.91 Å². The number of rotatable bonds is 5. The SMILES string of the molecule is CN(C)C(C)(C)CNc1nc(C(N)=O)ccc1N. The molecule has 0 atom stereocenters. The third-order valence-corrected chi connectivity index (χ3v) is 3.08. The molecule has 0 spiro atoms. The van der Waals surface area contributed by atoms with Gasteiger partial charge in [0.05, 0.1) is 5.69 Å². The van der Waals surface area contributed by atoms with Gasteiger partial charge < -0.3 is 21.7 Å². The summed E-state index contributed by atoms with van der Waals surface area (Å²) < 4.78 is 0. The highest BCUT2D eigenvalue weighted by Gasteiger charge is 2.20. The molecule has 1 heterocycles. The summed E-state index contributed by atoms with van der Waals surface area (Å²) in [5, 5.41) is 3.14. The van der Waals surface area contributed by atoms with E-state index in [4.69, 9.17) is 11.5 Å². The fourth-order valence-electron chi connectivity index (χ4n) is 1.21. The minimum Gasteiger partial charge on any atom is -0.396 e. The Morgan fingerprint density at radius 1 is 1.44 bits per heavy atom. The fraction of sp³-hybridized carbons (Fsp3) is 0.500. The van der Waals surface area contributed by atoms with Crippen molar-refractivity contribution >= 4 is 17.4 Å². The average molecular weight is 251 g/mol. The van der Waals surface area contributed by atoms with Gasteiger partial charge in [0.2, 0.25) is 0 Å². The molecular weight excluding hydrogens is 230 g/mol. The molecule has 0 aliphatic carbocycles. The summed E-state index contributed by atoms with van der Waals surface area (Å²) in [7, 11) is 4.00. The smallest absolute Gasteiger partial charge is 0.267 e. The van der Waals surface area contributed by atoms with Gasteiger partial charge in [-0.25, -0.2) is 4.98 Å². The van der Waals surface area contributed by atoms with E-state index in [2.05, 4.69) is 29.0 Å². The number of hydrogen-bond donors (Lipinski definition) is 3. The summed E-state index contributed by atoms with van der Waals surface area (Å²) in [5.41, 5.74) is 11.6. The van der Waals surface area contributed by atoms with Crippen LogP contribution in [0.5, 0.6) is 0 Å². The molecule has 0 saturated heterocycles. The number of pyridine rings is 1. The predicted octanol–water partition coefficient (Wildman–Crippen LogP) is 0.515. The zero-order valence-corrected chi connectivity index (χ0v) is 11.3. The van der Waals surface area contributed by atoms with Crippen LogP contribution >= 0.6 is 0 Å². The lowest BCUT2D eigenvalue weighted by molar-refractivity contribution is 0.0996. The molecule has 0 aliphatic rings. The van der Waals surface area contributed by atoms with Crippen molar-refractivity contribution < 1.29 is 4.79 Å². The molecule has 1 aromatic heterocycles.